The van der Waals surface area contributed by atoms with Gasteiger partial charge in [0.1, 0.15) is 12.2 Å². The van der Waals surface area contributed by atoms with Crippen LogP contribution in [-0.2, 0) is 4.79 Å². The molecule has 0 saturated carbocycles. The summed E-state index contributed by atoms with van der Waals surface area (Å²) in [6.45, 7) is 2.12. The molecular formula is C15H24O4. The average Bonchev–Trinajstić information content (AvgIpc) is 2.40. The fourth-order valence-electron chi connectivity index (χ4n) is 2.19. The van der Waals surface area contributed by atoms with Crippen LogP contribution in [0.2, 0.25) is 0 Å². The minimum atomic E-state index is -1.83. The second kappa shape index (κ2) is 7.58. The lowest BCUT2D eigenvalue weighted by Gasteiger charge is -2.35. The molecule has 4 nitrogen and oxygen atoms in total. The van der Waals surface area contributed by atoms with Crippen molar-refractivity contribution in [2.24, 2.45) is 0 Å². The highest BCUT2D eigenvalue weighted by Crippen LogP contribution is 2.27. The molecule has 0 aromatic rings. The fraction of sp³-hybridized carbons (Fsp3) is 0.667. The highest BCUT2D eigenvalue weighted by atomic mass is 16.4. The number of rotatable bonds is 7. The fourth-order valence-corrected chi connectivity index (χ4v) is 2.19. The SMILES string of the molecule is CCC/C=C\CCCC[C@]1(O)C(=O)C=C[C@H](O)[C@H]1O. The second-order valence-electron chi connectivity index (χ2n) is 5.09. The van der Waals surface area contributed by atoms with Crippen molar-refractivity contribution in [1.82, 2.24) is 0 Å². The van der Waals surface area contributed by atoms with Crippen molar-refractivity contribution >= 4 is 5.78 Å². The molecule has 0 radical (unpaired) electrons. The van der Waals surface area contributed by atoms with Gasteiger partial charge >= 0.3 is 0 Å². The molecule has 0 unspecified atom stereocenters. The van der Waals surface area contributed by atoms with Crippen molar-refractivity contribution in [3.63, 3.8) is 0 Å². The molecule has 1 aliphatic rings. The van der Waals surface area contributed by atoms with Crippen LogP contribution < -0.4 is 0 Å². The van der Waals surface area contributed by atoms with E-state index in [1.165, 1.54) is 6.08 Å². The molecule has 19 heavy (non-hydrogen) atoms. The first kappa shape index (κ1) is 16.1. The monoisotopic (exact) mass is 268 g/mol. The molecular weight excluding hydrogens is 244 g/mol. The van der Waals surface area contributed by atoms with Crippen LogP contribution in [0.5, 0.6) is 0 Å². The zero-order valence-corrected chi connectivity index (χ0v) is 11.5. The van der Waals surface area contributed by atoms with Gasteiger partial charge in [-0.05, 0) is 44.3 Å². The quantitative estimate of drug-likeness (QED) is 0.483. The van der Waals surface area contributed by atoms with Gasteiger partial charge in [0.2, 0.25) is 0 Å². The number of aliphatic hydroxyl groups excluding tert-OH is 2. The maximum Gasteiger partial charge on any atom is 0.189 e. The number of hydrogen-bond donors (Lipinski definition) is 3. The summed E-state index contributed by atoms with van der Waals surface area (Å²) in [7, 11) is 0. The molecule has 0 saturated heterocycles. The largest absolute Gasteiger partial charge is 0.387 e. The highest BCUT2D eigenvalue weighted by molar-refractivity contribution is 5.98. The third-order valence-electron chi connectivity index (χ3n) is 3.48. The Morgan fingerprint density at radius 1 is 1.26 bits per heavy atom. The summed E-state index contributed by atoms with van der Waals surface area (Å²) in [6, 6.07) is 0. The smallest absolute Gasteiger partial charge is 0.189 e. The van der Waals surface area contributed by atoms with E-state index in [0.29, 0.717) is 6.42 Å². The van der Waals surface area contributed by atoms with Crippen molar-refractivity contribution < 1.29 is 20.1 Å². The van der Waals surface area contributed by atoms with E-state index >= 15 is 0 Å². The van der Waals surface area contributed by atoms with Gasteiger partial charge in [-0.15, -0.1) is 0 Å². The van der Waals surface area contributed by atoms with Gasteiger partial charge in [0.05, 0.1) is 0 Å². The molecule has 0 spiro atoms. The Bertz CT molecular complexity index is 348. The number of allylic oxidation sites excluding steroid dienone is 2. The Balaban J connectivity index is 2.38. The molecule has 0 heterocycles. The predicted octanol–water partition coefficient (Wildman–Crippen LogP) is 1.49. The Morgan fingerprint density at radius 2 is 1.95 bits per heavy atom. The summed E-state index contributed by atoms with van der Waals surface area (Å²) in [4.78, 5) is 11.7. The molecule has 0 bridgehead atoms. The van der Waals surface area contributed by atoms with Crippen molar-refractivity contribution in [3.8, 4) is 0 Å². The van der Waals surface area contributed by atoms with Crippen LogP contribution in [0.4, 0.5) is 0 Å². The van der Waals surface area contributed by atoms with E-state index in [4.69, 9.17) is 0 Å². The molecule has 0 aliphatic heterocycles. The summed E-state index contributed by atoms with van der Waals surface area (Å²) in [5.41, 5.74) is -1.83. The molecule has 4 heteroatoms. The first-order valence-electron chi connectivity index (χ1n) is 6.98. The normalized spacial score (nSPS) is 31.3. The second-order valence-corrected chi connectivity index (χ2v) is 5.09. The third-order valence-corrected chi connectivity index (χ3v) is 3.48. The summed E-state index contributed by atoms with van der Waals surface area (Å²) in [5, 5.41) is 29.4. The Labute approximate surface area is 114 Å². The average molecular weight is 268 g/mol. The van der Waals surface area contributed by atoms with Crippen LogP contribution in [0.3, 0.4) is 0 Å². The first-order chi connectivity index (χ1) is 9.02. The first-order valence-corrected chi connectivity index (χ1v) is 6.98. The molecule has 0 aromatic heterocycles. The summed E-state index contributed by atoms with van der Waals surface area (Å²) in [5.74, 6) is -0.521. The lowest BCUT2D eigenvalue weighted by molar-refractivity contribution is -0.158. The van der Waals surface area contributed by atoms with E-state index in [1.54, 1.807) is 0 Å². The number of unbranched alkanes of at least 4 members (excludes halogenated alkanes) is 3. The van der Waals surface area contributed by atoms with Crippen molar-refractivity contribution in [2.45, 2.75) is 63.3 Å². The molecule has 0 fully saturated rings. The molecule has 3 N–H and O–H groups in total. The number of carbonyl (C=O) groups is 1. The predicted molar refractivity (Wildman–Crippen MR) is 73.6 cm³/mol. The minimum absolute atomic E-state index is 0.177. The molecule has 0 aromatic carbocycles. The zero-order valence-electron chi connectivity index (χ0n) is 11.5. The van der Waals surface area contributed by atoms with Crippen LogP contribution in [-0.4, -0.2) is 38.9 Å². The Hall–Kier alpha value is -0.970. The van der Waals surface area contributed by atoms with Gasteiger partial charge in [-0.3, -0.25) is 4.79 Å². The standard InChI is InChI=1S/C15H24O4/c1-2-3-4-5-6-7-8-11-15(19)13(17)10-9-12(16)14(15)18/h4-5,9-10,12,14,16,18-19H,2-3,6-8,11H2,1H3/b5-4-/t12-,14+,15-/m0/s1. The van der Waals surface area contributed by atoms with Gasteiger partial charge in [0, 0.05) is 0 Å². The molecule has 0 amide bonds. The van der Waals surface area contributed by atoms with Crippen LogP contribution in [0.25, 0.3) is 0 Å². The van der Waals surface area contributed by atoms with Crippen molar-refractivity contribution in [3.05, 3.63) is 24.3 Å². The maximum absolute atomic E-state index is 11.7. The molecule has 1 aliphatic carbocycles. The molecule has 3 atom stereocenters. The topological polar surface area (TPSA) is 77.8 Å². The van der Waals surface area contributed by atoms with E-state index in [9.17, 15) is 20.1 Å². The van der Waals surface area contributed by atoms with Gasteiger partial charge in [-0.1, -0.05) is 25.5 Å². The number of hydrogen-bond acceptors (Lipinski definition) is 4. The van der Waals surface area contributed by atoms with Gasteiger partial charge < -0.3 is 15.3 Å². The lowest BCUT2D eigenvalue weighted by atomic mass is 9.80. The van der Waals surface area contributed by atoms with E-state index in [2.05, 4.69) is 19.1 Å². The lowest BCUT2D eigenvalue weighted by Crippen LogP contribution is -2.56. The zero-order chi connectivity index (χ0) is 14.3. The van der Waals surface area contributed by atoms with Crippen LogP contribution in [0, 0.1) is 0 Å². The summed E-state index contributed by atoms with van der Waals surface area (Å²) < 4.78 is 0. The number of ketones is 1. The van der Waals surface area contributed by atoms with Crippen molar-refractivity contribution in [2.75, 3.05) is 0 Å². The van der Waals surface area contributed by atoms with E-state index in [-0.39, 0.29) is 6.42 Å². The van der Waals surface area contributed by atoms with Gasteiger partial charge in [0.15, 0.2) is 11.4 Å². The summed E-state index contributed by atoms with van der Waals surface area (Å²) >= 11 is 0. The Kier molecular flexibility index (Phi) is 6.42. The van der Waals surface area contributed by atoms with Gasteiger partial charge in [-0.25, -0.2) is 0 Å². The molecule has 1 rings (SSSR count). The summed E-state index contributed by atoms with van der Waals surface area (Å²) in [6.07, 6.45) is 8.75. The maximum atomic E-state index is 11.7. The van der Waals surface area contributed by atoms with Crippen LogP contribution in [0.1, 0.15) is 45.4 Å². The number of aliphatic hydroxyl groups is 3. The Morgan fingerprint density at radius 3 is 2.63 bits per heavy atom. The van der Waals surface area contributed by atoms with E-state index in [1.807, 2.05) is 0 Å². The van der Waals surface area contributed by atoms with E-state index in [0.717, 1.165) is 31.8 Å². The van der Waals surface area contributed by atoms with Crippen LogP contribution >= 0.6 is 0 Å². The molecule has 108 valence electrons. The van der Waals surface area contributed by atoms with Crippen molar-refractivity contribution in [1.29, 1.82) is 0 Å². The van der Waals surface area contributed by atoms with Crippen LogP contribution in [0.15, 0.2) is 24.3 Å². The van der Waals surface area contributed by atoms with Gasteiger partial charge in [0.25, 0.3) is 0 Å². The highest BCUT2D eigenvalue weighted by Gasteiger charge is 2.46. The van der Waals surface area contributed by atoms with E-state index < -0.39 is 23.6 Å². The number of carbonyl (C=O) groups excluding carboxylic acids is 1. The minimum Gasteiger partial charge on any atom is -0.387 e. The third kappa shape index (κ3) is 4.27. The van der Waals surface area contributed by atoms with Gasteiger partial charge in [-0.2, -0.15) is 0 Å².